The predicted molar refractivity (Wildman–Crippen MR) is 105 cm³/mol. The van der Waals surface area contributed by atoms with Gasteiger partial charge in [0.25, 0.3) is 5.91 Å². The number of rotatable bonds is 5. The van der Waals surface area contributed by atoms with E-state index >= 15 is 0 Å². The molecule has 0 spiro atoms. The number of halogens is 1. The zero-order chi connectivity index (χ0) is 19.3. The van der Waals surface area contributed by atoms with Gasteiger partial charge in [0, 0.05) is 16.1 Å². The first-order valence-corrected chi connectivity index (χ1v) is 8.68. The molecule has 8 nitrogen and oxygen atoms in total. The second-order valence-electron chi connectivity index (χ2n) is 5.04. The molecule has 0 atom stereocenters. The number of carbonyl (C=O) groups is 1. The number of ether oxygens (including phenoxy) is 1. The first kappa shape index (κ1) is 19.7. The monoisotopic (exact) mass is 438 g/mol. The number of aryl methyl sites for hydroxylation is 1. The molecule has 2 N–H and O–H groups in total. The number of nitro benzene ring substituents is 1. The number of nitro groups is 1. The molecule has 0 bridgehead atoms. The quantitative estimate of drug-likeness (QED) is 0.417. The number of carbonyl (C=O) groups excluding carboxylic acids is 1. The minimum atomic E-state index is -0.604. The van der Waals surface area contributed by atoms with Crippen LogP contribution in [0, 0.1) is 17.0 Å². The van der Waals surface area contributed by atoms with Crippen molar-refractivity contribution >= 4 is 50.7 Å². The summed E-state index contributed by atoms with van der Waals surface area (Å²) in [4.78, 5) is 27.1. The van der Waals surface area contributed by atoms with Crippen LogP contribution in [-0.4, -0.2) is 27.5 Å². The second kappa shape index (κ2) is 8.68. The Kier molecular flexibility index (Phi) is 6.58. The largest absolute Gasteiger partial charge is 0.487 e. The summed E-state index contributed by atoms with van der Waals surface area (Å²) in [5.41, 5.74) is 0.555. The van der Waals surface area contributed by atoms with Gasteiger partial charge in [0.2, 0.25) is 0 Å². The van der Waals surface area contributed by atoms with Gasteiger partial charge >= 0.3 is 5.69 Å². The van der Waals surface area contributed by atoms with E-state index in [-0.39, 0.29) is 28.7 Å². The summed E-state index contributed by atoms with van der Waals surface area (Å²) in [6, 6.07) is 7.44. The number of benzene rings is 1. The van der Waals surface area contributed by atoms with E-state index in [0.717, 1.165) is 16.2 Å². The molecule has 1 amide bonds. The summed E-state index contributed by atoms with van der Waals surface area (Å²) in [5, 5.41) is 16.4. The Morgan fingerprint density at radius 1 is 1.38 bits per heavy atom. The maximum Gasteiger partial charge on any atom is 0.311 e. The second-order valence-corrected chi connectivity index (χ2v) is 6.31. The number of amides is 1. The summed E-state index contributed by atoms with van der Waals surface area (Å²) in [7, 11) is 0. The predicted octanol–water partition coefficient (Wildman–Crippen LogP) is 3.59. The number of nitrogens with one attached hydrogen (secondary N) is 2. The van der Waals surface area contributed by atoms with Crippen molar-refractivity contribution < 1.29 is 14.5 Å². The molecule has 1 aromatic heterocycles. The topological polar surface area (TPSA) is 106 Å². The molecule has 0 aliphatic rings. The lowest BCUT2D eigenvalue weighted by molar-refractivity contribution is -0.385. The Morgan fingerprint density at radius 2 is 2.12 bits per heavy atom. The van der Waals surface area contributed by atoms with Gasteiger partial charge in [0.15, 0.2) is 10.9 Å². The van der Waals surface area contributed by atoms with E-state index in [4.69, 9.17) is 17.0 Å². The van der Waals surface area contributed by atoms with E-state index in [0.29, 0.717) is 5.82 Å². The highest BCUT2D eigenvalue weighted by Gasteiger charge is 2.19. The number of aromatic nitrogens is 1. The van der Waals surface area contributed by atoms with Gasteiger partial charge in [0.05, 0.1) is 17.2 Å². The molecule has 1 heterocycles. The first-order valence-electron chi connectivity index (χ1n) is 7.48. The molecule has 0 radical (unpaired) electrons. The first-order chi connectivity index (χ1) is 12.3. The third-order valence-electron chi connectivity index (χ3n) is 3.21. The van der Waals surface area contributed by atoms with Crippen LogP contribution < -0.4 is 15.4 Å². The molecule has 0 fully saturated rings. The van der Waals surface area contributed by atoms with Crippen LogP contribution in [0.1, 0.15) is 23.0 Å². The van der Waals surface area contributed by atoms with E-state index in [1.54, 1.807) is 19.1 Å². The Morgan fingerprint density at radius 3 is 2.73 bits per heavy atom. The highest BCUT2D eigenvalue weighted by Crippen LogP contribution is 2.28. The average molecular weight is 439 g/mol. The Balaban J connectivity index is 2.11. The number of hydrogen-bond acceptors (Lipinski definition) is 6. The van der Waals surface area contributed by atoms with Crippen LogP contribution in [0.2, 0.25) is 0 Å². The molecule has 2 rings (SSSR count). The third kappa shape index (κ3) is 4.96. The molecule has 10 heteroatoms. The van der Waals surface area contributed by atoms with Crippen molar-refractivity contribution in [3.05, 3.63) is 56.2 Å². The van der Waals surface area contributed by atoms with Crippen molar-refractivity contribution in [2.75, 3.05) is 11.9 Å². The van der Waals surface area contributed by atoms with Crippen LogP contribution in [0.4, 0.5) is 11.5 Å². The van der Waals surface area contributed by atoms with Gasteiger partial charge < -0.3 is 10.1 Å². The zero-order valence-electron chi connectivity index (χ0n) is 13.9. The van der Waals surface area contributed by atoms with E-state index in [1.165, 1.54) is 12.1 Å². The maximum atomic E-state index is 12.3. The Bertz CT molecular complexity index is 875. The SMILES string of the molecule is CCOc1ccc(C(=O)NC(=S)Nc2ccc(Br)c(C)n2)cc1[N+](=O)[O-]. The van der Waals surface area contributed by atoms with Crippen LogP contribution in [0.25, 0.3) is 0 Å². The summed E-state index contributed by atoms with van der Waals surface area (Å²) in [5.74, 6) is -0.0135. The van der Waals surface area contributed by atoms with Crippen LogP contribution in [0.5, 0.6) is 5.75 Å². The van der Waals surface area contributed by atoms with Gasteiger partial charge in [-0.1, -0.05) is 0 Å². The summed E-state index contributed by atoms with van der Waals surface area (Å²) < 4.78 is 6.04. The lowest BCUT2D eigenvalue weighted by Crippen LogP contribution is -2.34. The molecular formula is C16H15BrN4O4S. The molecule has 0 saturated heterocycles. The van der Waals surface area contributed by atoms with Crippen LogP contribution in [-0.2, 0) is 0 Å². The molecule has 26 heavy (non-hydrogen) atoms. The molecule has 0 saturated carbocycles. The van der Waals surface area contributed by atoms with E-state index in [9.17, 15) is 14.9 Å². The van der Waals surface area contributed by atoms with E-state index < -0.39 is 10.8 Å². The van der Waals surface area contributed by atoms with Crippen molar-refractivity contribution in [3.8, 4) is 5.75 Å². The molecule has 0 aliphatic carbocycles. The lowest BCUT2D eigenvalue weighted by atomic mass is 10.1. The van der Waals surface area contributed by atoms with Crippen molar-refractivity contribution in [3.63, 3.8) is 0 Å². The fourth-order valence-corrected chi connectivity index (χ4v) is 2.43. The van der Waals surface area contributed by atoms with Crippen molar-refractivity contribution in [1.29, 1.82) is 0 Å². The van der Waals surface area contributed by atoms with Crippen molar-refractivity contribution in [2.45, 2.75) is 13.8 Å². The van der Waals surface area contributed by atoms with E-state index in [1.807, 2.05) is 6.92 Å². The fraction of sp³-hybridized carbons (Fsp3) is 0.188. The Labute approximate surface area is 163 Å². The number of hydrogen-bond donors (Lipinski definition) is 2. The lowest BCUT2D eigenvalue weighted by Gasteiger charge is -2.10. The molecule has 0 aliphatic heterocycles. The maximum absolute atomic E-state index is 12.3. The van der Waals surface area contributed by atoms with Gasteiger partial charge in [-0.2, -0.15) is 0 Å². The van der Waals surface area contributed by atoms with Crippen molar-refractivity contribution in [1.82, 2.24) is 10.3 Å². The van der Waals surface area contributed by atoms with E-state index in [2.05, 4.69) is 31.5 Å². The van der Waals surface area contributed by atoms with Crippen molar-refractivity contribution in [2.24, 2.45) is 0 Å². The molecular weight excluding hydrogens is 424 g/mol. The summed E-state index contributed by atoms with van der Waals surface area (Å²) in [6.45, 7) is 3.81. The van der Waals surface area contributed by atoms with Gasteiger partial charge in [-0.15, -0.1) is 0 Å². The normalized spacial score (nSPS) is 10.1. The Hall–Kier alpha value is -2.59. The van der Waals surface area contributed by atoms with Gasteiger partial charge in [-0.25, -0.2) is 4.98 Å². The smallest absolute Gasteiger partial charge is 0.311 e. The zero-order valence-corrected chi connectivity index (χ0v) is 16.3. The molecule has 136 valence electrons. The van der Waals surface area contributed by atoms with Crippen LogP contribution >= 0.6 is 28.1 Å². The van der Waals surface area contributed by atoms with Gasteiger partial charge in [-0.05, 0) is 66.3 Å². The van der Waals surface area contributed by atoms with Gasteiger partial charge in [-0.3, -0.25) is 20.2 Å². The number of anilines is 1. The number of thiocarbonyl (C=S) groups is 1. The fourth-order valence-electron chi connectivity index (χ4n) is 2.02. The third-order valence-corrected chi connectivity index (χ3v) is 4.25. The minimum Gasteiger partial charge on any atom is -0.487 e. The summed E-state index contributed by atoms with van der Waals surface area (Å²) >= 11 is 8.43. The summed E-state index contributed by atoms with van der Waals surface area (Å²) in [6.07, 6.45) is 0. The van der Waals surface area contributed by atoms with Crippen LogP contribution in [0.15, 0.2) is 34.8 Å². The van der Waals surface area contributed by atoms with Crippen LogP contribution in [0.3, 0.4) is 0 Å². The number of nitrogens with zero attached hydrogens (tertiary/aromatic N) is 2. The number of pyridine rings is 1. The standard InChI is InChI=1S/C16H15BrN4O4S/c1-3-25-13-6-4-10(8-12(13)21(23)24)15(22)20-16(26)19-14-7-5-11(17)9(2)18-14/h4-8H,3H2,1-2H3,(H2,18,19,20,22,26). The van der Waals surface area contributed by atoms with Gasteiger partial charge in [0.1, 0.15) is 5.82 Å². The molecule has 2 aromatic rings. The molecule has 1 aromatic carbocycles. The highest BCUT2D eigenvalue weighted by molar-refractivity contribution is 9.10. The molecule has 0 unspecified atom stereocenters. The average Bonchev–Trinajstić information content (AvgIpc) is 2.58. The highest BCUT2D eigenvalue weighted by atomic mass is 79.9. The minimum absolute atomic E-state index is 0.0285.